The van der Waals surface area contributed by atoms with Crippen molar-refractivity contribution in [1.29, 1.82) is 0 Å². The topological polar surface area (TPSA) is 172 Å². The number of hydrogen-bond acceptors (Lipinski definition) is 9. The zero-order chi connectivity index (χ0) is 17.4. The molecule has 1 aliphatic heterocycles. The van der Waals surface area contributed by atoms with Crippen LogP contribution in [0.15, 0.2) is 10.6 Å². The molecule has 1 aliphatic rings. The van der Waals surface area contributed by atoms with Crippen LogP contribution in [-0.4, -0.2) is 52.8 Å². The van der Waals surface area contributed by atoms with Crippen LogP contribution in [0.1, 0.15) is 11.7 Å². The maximum absolute atomic E-state index is 12.9. The largest absolute Gasteiger partial charge is 0.375 e. The fourth-order valence-electron chi connectivity index (χ4n) is 2.01. The van der Waals surface area contributed by atoms with Gasteiger partial charge in [0.1, 0.15) is 18.8 Å². The number of β-lactam (4-membered cyclic amide) rings is 1. The van der Waals surface area contributed by atoms with Crippen LogP contribution in [0, 0.1) is 4.91 Å². The highest BCUT2D eigenvalue weighted by Gasteiger charge is 2.54. The van der Waals surface area contributed by atoms with Gasteiger partial charge in [-0.05, 0) is 5.18 Å². The lowest BCUT2D eigenvalue weighted by Crippen LogP contribution is -2.72. The summed E-state index contributed by atoms with van der Waals surface area (Å²) in [5.74, 6) is -2.30. The molecule has 2 rings (SSSR count). The summed E-state index contributed by atoms with van der Waals surface area (Å²) in [5.41, 5.74) is 5.31. The summed E-state index contributed by atoms with van der Waals surface area (Å²) in [5, 5.41) is 5.97. The predicted octanol–water partition coefficient (Wildman–Crippen LogP) is -0.999. The van der Waals surface area contributed by atoms with Crippen molar-refractivity contribution in [3.63, 3.8) is 0 Å². The van der Waals surface area contributed by atoms with Gasteiger partial charge in [-0.1, -0.05) is 0 Å². The molecule has 14 heteroatoms. The Hall–Kier alpha value is -2.19. The van der Waals surface area contributed by atoms with Crippen molar-refractivity contribution in [2.24, 2.45) is 5.18 Å². The number of nitrogens with two attached hydrogens (primary N) is 1. The molecular formula is C9H10FN5O6S2. The zero-order valence-electron chi connectivity index (χ0n) is 11.1. The number of rotatable bonds is 6. The van der Waals surface area contributed by atoms with E-state index in [1.54, 1.807) is 0 Å². The Kier molecular flexibility index (Phi) is 4.58. The Labute approximate surface area is 132 Å². The van der Waals surface area contributed by atoms with Gasteiger partial charge >= 0.3 is 10.3 Å². The first-order valence-corrected chi connectivity index (χ1v) is 8.18. The smallest absolute Gasteiger partial charge is 0.362 e. The van der Waals surface area contributed by atoms with E-state index in [4.69, 9.17) is 10.3 Å². The molecule has 3 unspecified atom stereocenters. The molecular weight excluding hydrogens is 357 g/mol. The summed E-state index contributed by atoms with van der Waals surface area (Å²) in [6, 6.07) is -4.78. The SMILES string of the molecule is Nc1nc(C(N=O)C(=O)NC2C(=O)N(S(=O)(=O)O)C2CF)cs1. The van der Waals surface area contributed by atoms with E-state index in [0.717, 1.165) is 11.3 Å². The zero-order valence-corrected chi connectivity index (χ0v) is 12.8. The fourth-order valence-corrected chi connectivity index (χ4v) is 3.45. The van der Waals surface area contributed by atoms with Crippen molar-refractivity contribution >= 4 is 38.6 Å². The van der Waals surface area contributed by atoms with Gasteiger partial charge in [0, 0.05) is 5.38 Å². The van der Waals surface area contributed by atoms with Gasteiger partial charge in [0.25, 0.3) is 11.8 Å². The van der Waals surface area contributed by atoms with Gasteiger partial charge in [0.05, 0.1) is 5.69 Å². The number of anilines is 1. The summed E-state index contributed by atoms with van der Waals surface area (Å²) in [7, 11) is -4.94. The lowest BCUT2D eigenvalue weighted by Gasteiger charge is -2.42. The standard InChI is InChI=1S/C9H10FN5O6S2/c10-1-4-6(8(17)15(4)23(19,20)21)13-7(16)5(14-18)3-2-22-9(11)12-3/h2,4-6H,1H2,(H2,11,12)(H,13,16)(H,19,20,21). The Bertz CT molecular complexity index is 751. The number of thiazole rings is 1. The van der Waals surface area contributed by atoms with E-state index in [1.165, 1.54) is 5.38 Å². The van der Waals surface area contributed by atoms with E-state index >= 15 is 0 Å². The predicted molar refractivity (Wildman–Crippen MR) is 75.2 cm³/mol. The molecule has 2 amide bonds. The van der Waals surface area contributed by atoms with Gasteiger partial charge in [0.15, 0.2) is 5.13 Å². The molecule has 0 spiro atoms. The average molecular weight is 367 g/mol. The molecule has 0 aromatic carbocycles. The molecule has 1 aromatic rings. The fraction of sp³-hybridized carbons (Fsp3) is 0.444. The molecule has 0 bridgehead atoms. The average Bonchev–Trinajstić information content (AvgIpc) is 2.87. The molecule has 0 radical (unpaired) electrons. The lowest BCUT2D eigenvalue weighted by atomic mass is 9.99. The van der Waals surface area contributed by atoms with Crippen LogP contribution in [0.25, 0.3) is 0 Å². The molecule has 126 valence electrons. The van der Waals surface area contributed by atoms with E-state index in [2.05, 4.69) is 10.2 Å². The minimum Gasteiger partial charge on any atom is -0.375 e. The Morgan fingerprint density at radius 2 is 2.30 bits per heavy atom. The minimum absolute atomic E-state index is 0.0600. The van der Waals surface area contributed by atoms with Crippen molar-refractivity contribution < 1.29 is 27.0 Å². The molecule has 0 saturated carbocycles. The number of carbonyl (C=O) groups is 2. The second-order valence-corrected chi connectivity index (χ2v) is 6.62. The van der Waals surface area contributed by atoms with Crippen molar-refractivity contribution in [3.8, 4) is 0 Å². The van der Waals surface area contributed by atoms with Crippen molar-refractivity contribution in [3.05, 3.63) is 16.0 Å². The summed E-state index contributed by atoms with van der Waals surface area (Å²) in [4.78, 5) is 38.1. The van der Waals surface area contributed by atoms with Crippen molar-refractivity contribution in [2.45, 2.75) is 18.1 Å². The number of nitrogens with zero attached hydrogens (tertiary/aromatic N) is 3. The van der Waals surface area contributed by atoms with Gasteiger partial charge < -0.3 is 11.1 Å². The normalized spacial score (nSPS) is 22.3. The Morgan fingerprint density at radius 3 is 2.74 bits per heavy atom. The molecule has 2 heterocycles. The highest BCUT2D eigenvalue weighted by atomic mass is 32.2. The minimum atomic E-state index is -4.94. The third-order valence-electron chi connectivity index (χ3n) is 3.05. The number of nitrogens with one attached hydrogen (secondary N) is 1. The number of amides is 2. The lowest BCUT2D eigenvalue weighted by molar-refractivity contribution is -0.146. The number of nitrogen functional groups attached to an aromatic ring is 1. The van der Waals surface area contributed by atoms with Crippen molar-refractivity contribution in [2.75, 3.05) is 12.4 Å². The summed E-state index contributed by atoms with van der Waals surface area (Å²) in [6.07, 6.45) is 0. The van der Waals surface area contributed by atoms with Crippen LogP contribution >= 0.6 is 11.3 Å². The Morgan fingerprint density at radius 1 is 1.65 bits per heavy atom. The number of nitroso groups, excluding NO2 is 1. The van der Waals surface area contributed by atoms with Crippen LogP contribution in [0.2, 0.25) is 0 Å². The highest BCUT2D eigenvalue weighted by Crippen LogP contribution is 2.26. The van der Waals surface area contributed by atoms with E-state index in [1.807, 2.05) is 5.32 Å². The maximum atomic E-state index is 12.9. The summed E-state index contributed by atoms with van der Waals surface area (Å²) < 4.78 is 43.4. The second-order valence-electron chi connectivity index (χ2n) is 4.44. The van der Waals surface area contributed by atoms with Gasteiger partial charge in [-0.3, -0.25) is 14.1 Å². The van der Waals surface area contributed by atoms with Crippen LogP contribution in [0.5, 0.6) is 0 Å². The number of carbonyl (C=O) groups excluding carboxylic acids is 2. The van der Waals surface area contributed by atoms with Gasteiger partial charge in [-0.15, -0.1) is 16.2 Å². The number of hydrogen-bond donors (Lipinski definition) is 3. The molecule has 1 saturated heterocycles. The number of aromatic nitrogens is 1. The van der Waals surface area contributed by atoms with Gasteiger partial charge in [-0.25, -0.2) is 13.7 Å². The summed E-state index contributed by atoms with van der Waals surface area (Å²) >= 11 is 0.954. The Balaban J connectivity index is 2.14. The third-order valence-corrected chi connectivity index (χ3v) is 4.69. The quantitative estimate of drug-likeness (QED) is 0.326. The maximum Gasteiger partial charge on any atom is 0.362 e. The van der Waals surface area contributed by atoms with Crippen LogP contribution in [0.3, 0.4) is 0 Å². The van der Waals surface area contributed by atoms with Crippen LogP contribution < -0.4 is 11.1 Å². The third kappa shape index (κ3) is 3.13. The molecule has 11 nitrogen and oxygen atoms in total. The van der Waals surface area contributed by atoms with Crippen LogP contribution in [-0.2, 0) is 19.9 Å². The first kappa shape index (κ1) is 17.2. The van der Waals surface area contributed by atoms with Crippen LogP contribution in [0.4, 0.5) is 9.52 Å². The van der Waals surface area contributed by atoms with Gasteiger partial charge in [-0.2, -0.15) is 8.42 Å². The first-order valence-electron chi connectivity index (χ1n) is 5.91. The molecule has 4 N–H and O–H groups in total. The molecule has 1 aromatic heterocycles. The van der Waals surface area contributed by atoms with Crippen molar-refractivity contribution in [1.82, 2.24) is 14.6 Å². The molecule has 1 fully saturated rings. The van der Waals surface area contributed by atoms with E-state index < -0.39 is 46.9 Å². The molecule has 0 aliphatic carbocycles. The molecule has 3 atom stereocenters. The second kappa shape index (κ2) is 6.13. The van der Waals surface area contributed by atoms with E-state index in [9.17, 15) is 27.3 Å². The number of alkyl halides is 1. The monoisotopic (exact) mass is 367 g/mol. The van der Waals surface area contributed by atoms with E-state index in [-0.39, 0.29) is 15.1 Å². The first-order chi connectivity index (χ1) is 10.7. The molecule has 23 heavy (non-hydrogen) atoms. The van der Waals surface area contributed by atoms with E-state index in [0.29, 0.717) is 0 Å². The highest BCUT2D eigenvalue weighted by molar-refractivity contribution is 7.84. The number of halogens is 1. The van der Waals surface area contributed by atoms with Gasteiger partial charge in [0.2, 0.25) is 6.04 Å². The summed E-state index contributed by atoms with van der Waals surface area (Å²) in [6.45, 7) is -1.33.